The summed E-state index contributed by atoms with van der Waals surface area (Å²) in [6.45, 7) is 4.84. The molecule has 1 aromatic carbocycles. The van der Waals surface area contributed by atoms with Gasteiger partial charge in [-0.2, -0.15) is 0 Å². The van der Waals surface area contributed by atoms with Crippen molar-refractivity contribution >= 4 is 11.8 Å². The SMILES string of the molecule is CC(C)Oc1cccc(C(C(=O)O)N2CCC(=O)CC2)c1. The zero-order chi connectivity index (χ0) is 15.4. The molecule has 0 aliphatic carbocycles. The van der Waals surface area contributed by atoms with Gasteiger partial charge in [0.2, 0.25) is 0 Å². The molecule has 5 nitrogen and oxygen atoms in total. The Hall–Kier alpha value is -1.88. The summed E-state index contributed by atoms with van der Waals surface area (Å²) in [5.74, 6) is -0.0276. The highest BCUT2D eigenvalue weighted by Crippen LogP contribution is 2.27. The number of aliphatic carboxylic acids is 1. The van der Waals surface area contributed by atoms with E-state index in [2.05, 4.69) is 0 Å². The number of piperidine rings is 1. The number of ketones is 1. The molecule has 2 rings (SSSR count). The van der Waals surface area contributed by atoms with Crippen molar-refractivity contribution in [2.75, 3.05) is 13.1 Å². The second kappa shape index (κ2) is 6.72. The molecule has 5 heteroatoms. The maximum Gasteiger partial charge on any atom is 0.325 e. The van der Waals surface area contributed by atoms with Crippen molar-refractivity contribution in [3.8, 4) is 5.75 Å². The summed E-state index contributed by atoms with van der Waals surface area (Å²) in [6.07, 6.45) is 0.883. The van der Waals surface area contributed by atoms with Gasteiger partial charge in [0.25, 0.3) is 0 Å². The number of Topliss-reactive ketones (excluding diaryl/α,β-unsaturated/α-hetero) is 1. The van der Waals surface area contributed by atoms with Crippen LogP contribution in [0.2, 0.25) is 0 Å². The van der Waals surface area contributed by atoms with Crippen LogP contribution in [0.5, 0.6) is 5.75 Å². The van der Waals surface area contributed by atoms with Gasteiger partial charge < -0.3 is 9.84 Å². The van der Waals surface area contributed by atoms with Crippen molar-refractivity contribution < 1.29 is 19.4 Å². The molecule has 1 aromatic rings. The average Bonchev–Trinajstić information content (AvgIpc) is 2.40. The van der Waals surface area contributed by atoms with E-state index in [4.69, 9.17) is 4.74 Å². The normalized spacial score (nSPS) is 17.8. The van der Waals surface area contributed by atoms with Gasteiger partial charge in [-0.15, -0.1) is 0 Å². The summed E-state index contributed by atoms with van der Waals surface area (Å²) in [5, 5.41) is 9.55. The van der Waals surface area contributed by atoms with Crippen LogP contribution in [0.4, 0.5) is 0 Å². The van der Waals surface area contributed by atoms with Crippen LogP contribution in [0.3, 0.4) is 0 Å². The number of nitrogens with zero attached hydrogens (tertiary/aromatic N) is 1. The third-order valence-electron chi connectivity index (χ3n) is 3.50. The van der Waals surface area contributed by atoms with Gasteiger partial charge in [0.15, 0.2) is 0 Å². The first kappa shape index (κ1) is 15.5. The molecule has 1 atom stereocenters. The van der Waals surface area contributed by atoms with Crippen molar-refractivity contribution in [2.45, 2.75) is 38.8 Å². The number of hydrogen-bond donors (Lipinski definition) is 1. The fourth-order valence-electron chi connectivity index (χ4n) is 2.57. The first-order valence-electron chi connectivity index (χ1n) is 7.22. The van der Waals surface area contributed by atoms with Crippen molar-refractivity contribution in [1.29, 1.82) is 0 Å². The van der Waals surface area contributed by atoms with E-state index in [9.17, 15) is 14.7 Å². The highest BCUT2D eigenvalue weighted by atomic mass is 16.5. The Bertz CT molecular complexity index is 517. The molecule has 0 amide bonds. The molecule has 1 aliphatic heterocycles. The minimum Gasteiger partial charge on any atom is -0.491 e. The predicted octanol–water partition coefficient (Wildman–Crippen LogP) is 2.26. The molecule has 21 heavy (non-hydrogen) atoms. The zero-order valence-electron chi connectivity index (χ0n) is 12.4. The Balaban J connectivity index is 2.22. The zero-order valence-corrected chi connectivity index (χ0v) is 12.4. The third kappa shape index (κ3) is 4.04. The Kier molecular flexibility index (Phi) is 4.96. The highest BCUT2D eigenvalue weighted by Gasteiger charge is 2.30. The number of carbonyl (C=O) groups excluding carboxylic acids is 1. The molecular formula is C16H21NO4. The van der Waals surface area contributed by atoms with Crippen molar-refractivity contribution in [3.63, 3.8) is 0 Å². The van der Waals surface area contributed by atoms with E-state index in [1.54, 1.807) is 18.2 Å². The van der Waals surface area contributed by atoms with Crippen LogP contribution in [0.15, 0.2) is 24.3 Å². The highest BCUT2D eigenvalue weighted by molar-refractivity contribution is 5.80. The molecule has 0 saturated carbocycles. The van der Waals surface area contributed by atoms with Crippen molar-refractivity contribution in [1.82, 2.24) is 4.90 Å². The van der Waals surface area contributed by atoms with Crippen molar-refractivity contribution in [2.24, 2.45) is 0 Å². The van der Waals surface area contributed by atoms with E-state index in [0.29, 0.717) is 37.2 Å². The van der Waals surface area contributed by atoms with Gasteiger partial charge in [0.1, 0.15) is 17.6 Å². The molecule has 0 bridgehead atoms. The predicted molar refractivity (Wildman–Crippen MR) is 78.4 cm³/mol. The van der Waals surface area contributed by atoms with Gasteiger partial charge in [0.05, 0.1) is 6.10 Å². The quantitative estimate of drug-likeness (QED) is 0.901. The smallest absolute Gasteiger partial charge is 0.325 e. The van der Waals surface area contributed by atoms with E-state index in [0.717, 1.165) is 0 Å². The van der Waals surface area contributed by atoms with E-state index >= 15 is 0 Å². The van der Waals surface area contributed by atoms with E-state index in [1.807, 2.05) is 24.8 Å². The fraction of sp³-hybridized carbons (Fsp3) is 0.500. The lowest BCUT2D eigenvalue weighted by atomic mass is 10.0. The fourth-order valence-corrected chi connectivity index (χ4v) is 2.57. The summed E-state index contributed by atoms with van der Waals surface area (Å²) in [5.41, 5.74) is 0.690. The van der Waals surface area contributed by atoms with Crippen LogP contribution < -0.4 is 4.74 Å². The number of ether oxygens (including phenoxy) is 1. The minimum atomic E-state index is -0.897. The molecule has 114 valence electrons. The first-order chi connectivity index (χ1) is 9.97. The Morgan fingerprint density at radius 3 is 2.52 bits per heavy atom. The lowest BCUT2D eigenvalue weighted by Gasteiger charge is -2.31. The molecule has 0 radical (unpaired) electrons. The van der Waals surface area contributed by atoms with Crippen LogP contribution in [0.1, 0.15) is 38.3 Å². The van der Waals surface area contributed by atoms with Gasteiger partial charge in [-0.1, -0.05) is 12.1 Å². The topological polar surface area (TPSA) is 66.8 Å². The van der Waals surface area contributed by atoms with E-state index in [1.165, 1.54) is 0 Å². The molecule has 1 N–H and O–H groups in total. The summed E-state index contributed by atoms with van der Waals surface area (Å²) in [4.78, 5) is 24.8. The third-order valence-corrected chi connectivity index (χ3v) is 3.50. The monoisotopic (exact) mass is 291 g/mol. The van der Waals surface area contributed by atoms with Crippen molar-refractivity contribution in [3.05, 3.63) is 29.8 Å². The largest absolute Gasteiger partial charge is 0.491 e. The second-order valence-electron chi connectivity index (χ2n) is 5.55. The van der Waals surface area contributed by atoms with Crippen LogP contribution in [0, 0.1) is 0 Å². The molecular weight excluding hydrogens is 270 g/mol. The van der Waals surface area contributed by atoms with Crippen LogP contribution in [0.25, 0.3) is 0 Å². The maximum atomic E-state index is 11.6. The molecule has 1 saturated heterocycles. The summed E-state index contributed by atoms with van der Waals surface area (Å²) in [7, 11) is 0. The number of hydrogen-bond acceptors (Lipinski definition) is 4. The number of benzene rings is 1. The van der Waals surface area contributed by atoms with E-state index in [-0.39, 0.29) is 11.9 Å². The Morgan fingerprint density at radius 2 is 1.95 bits per heavy atom. The molecule has 1 unspecified atom stereocenters. The van der Waals surface area contributed by atoms with Gasteiger partial charge in [-0.05, 0) is 31.5 Å². The van der Waals surface area contributed by atoms with E-state index < -0.39 is 12.0 Å². The first-order valence-corrected chi connectivity index (χ1v) is 7.22. The second-order valence-corrected chi connectivity index (χ2v) is 5.55. The average molecular weight is 291 g/mol. The minimum absolute atomic E-state index is 0.0381. The van der Waals surface area contributed by atoms with Gasteiger partial charge >= 0.3 is 5.97 Å². The number of carboxylic acid groups (broad SMARTS) is 1. The Morgan fingerprint density at radius 1 is 1.29 bits per heavy atom. The van der Waals surface area contributed by atoms with Gasteiger partial charge in [0, 0.05) is 25.9 Å². The van der Waals surface area contributed by atoms with Crippen LogP contribution in [-0.4, -0.2) is 41.0 Å². The standard InChI is InChI=1S/C16H21NO4/c1-11(2)21-14-5-3-4-12(10-14)15(16(19)20)17-8-6-13(18)7-9-17/h3-5,10-11,15H,6-9H2,1-2H3,(H,19,20). The van der Waals surface area contributed by atoms with Crippen LogP contribution in [-0.2, 0) is 9.59 Å². The molecule has 0 aromatic heterocycles. The molecule has 0 spiro atoms. The lowest BCUT2D eigenvalue weighted by molar-refractivity contribution is -0.145. The lowest BCUT2D eigenvalue weighted by Crippen LogP contribution is -2.40. The van der Waals surface area contributed by atoms with Crippen LogP contribution >= 0.6 is 0 Å². The summed E-state index contributed by atoms with van der Waals surface area (Å²) in [6, 6.07) is 6.46. The Labute approximate surface area is 124 Å². The maximum absolute atomic E-state index is 11.6. The van der Waals surface area contributed by atoms with Gasteiger partial charge in [-0.25, -0.2) is 0 Å². The number of likely N-dealkylation sites (tertiary alicyclic amines) is 1. The molecule has 1 aliphatic rings. The van der Waals surface area contributed by atoms with Gasteiger partial charge in [-0.3, -0.25) is 14.5 Å². The number of carboxylic acids is 1. The number of carbonyl (C=O) groups is 2. The summed E-state index contributed by atoms with van der Waals surface area (Å²) >= 11 is 0. The molecule has 1 fully saturated rings. The summed E-state index contributed by atoms with van der Waals surface area (Å²) < 4.78 is 5.62. The molecule has 1 heterocycles. The number of rotatable bonds is 5.